The molecule has 0 radical (unpaired) electrons. The van der Waals surface area contributed by atoms with E-state index in [1.54, 1.807) is 0 Å². The van der Waals surface area contributed by atoms with Gasteiger partial charge in [-0.05, 0) is 122 Å². The Kier molecular flexibility index (Phi) is 7.31. The van der Waals surface area contributed by atoms with E-state index in [4.69, 9.17) is 0 Å². The molecule has 1 aliphatic rings. The second-order valence-electron chi connectivity index (χ2n) is 16.6. The van der Waals surface area contributed by atoms with Crippen LogP contribution >= 0.6 is 0 Å². The molecule has 0 unspecified atom stereocenters. The zero-order valence-corrected chi connectivity index (χ0v) is 33.0. The van der Waals surface area contributed by atoms with E-state index < -0.39 is 0 Å². The van der Waals surface area contributed by atoms with Gasteiger partial charge in [0.2, 0.25) is 0 Å². The van der Waals surface area contributed by atoms with Crippen LogP contribution in [0.15, 0.2) is 206 Å². The van der Waals surface area contributed by atoms with Gasteiger partial charge in [0.05, 0.1) is 22.1 Å². The van der Waals surface area contributed by atoms with E-state index in [0.29, 0.717) is 0 Å². The van der Waals surface area contributed by atoms with Crippen LogP contribution in [-0.4, -0.2) is 9.13 Å². The number of aromatic nitrogens is 2. The number of fused-ring (bicyclic) bond motifs is 9. The summed E-state index contributed by atoms with van der Waals surface area (Å²) in [5, 5.41) is 5.06. The number of hydrogen-bond donors (Lipinski definition) is 0. The Hall–Kier alpha value is -7.42. The van der Waals surface area contributed by atoms with E-state index >= 15 is 0 Å². The summed E-state index contributed by atoms with van der Waals surface area (Å²) in [7, 11) is 0. The van der Waals surface area contributed by atoms with Crippen LogP contribution in [0.3, 0.4) is 0 Å². The largest absolute Gasteiger partial charge is 0.309 e. The van der Waals surface area contributed by atoms with E-state index in [0.717, 1.165) is 11.4 Å². The standard InChI is InChI=1S/C57H40N2/c1-57(2)51-19-11-9-17-45(51)47-36-56-50(35-52(47)57)49-34-42(26-32-55(49)59(56)44-29-23-40(24-30-44)38-15-7-4-8-16-38)41-25-31-54-48(33-41)46-18-10-12-20-53(46)58(54)43-27-21-39(22-28-43)37-13-5-3-6-14-37/h3-36H,1-2H3. The van der Waals surface area contributed by atoms with E-state index in [-0.39, 0.29) is 5.41 Å². The Balaban J connectivity index is 1.03. The molecule has 0 N–H and O–H groups in total. The molecule has 0 amide bonds. The lowest BCUT2D eigenvalue weighted by molar-refractivity contribution is 0.661. The maximum absolute atomic E-state index is 2.49. The van der Waals surface area contributed by atoms with Gasteiger partial charge in [0.1, 0.15) is 0 Å². The molecule has 0 fully saturated rings. The smallest absolute Gasteiger partial charge is 0.0547 e. The van der Waals surface area contributed by atoms with Crippen LogP contribution in [0.25, 0.3) is 99.5 Å². The second-order valence-corrected chi connectivity index (χ2v) is 16.6. The fourth-order valence-corrected chi connectivity index (χ4v) is 9.97. The summed E-state index contributed by atoms with van der Waals surface area (Å²) in [6.45, 7) is 4.75. The number of rotatable bonds is 5. The van der Waals surface area contributed by atoms with Crippen molar-refractivity contribution in [1.82, 2.24) is 9.13 Å². The van der Waals surface area contributed by atoms with Gasteiger partial charge in [0.15, 0.2) is 0 Å². The van der Waals surface area contributed by atoms with E-state index in [1.807, 2.05) is 0 Å². The summed E-state index contributed by atoms with van der Waals surface area (Å²) < 4.78 is 4.88. The molecule has 0 saturated carbocycles. The van der Waals surface area contributed by atoms with Gasteiger partial charge in [-0.15, -0.1) is 0 Å². The predicted molar refractivity (Wildman–Crippen MR) is 249 cm³/mol. The SMILES string of the molecule is CC1(C)c2ccccc2-c2cc3c(cc21)c1cc(-c2ccc4c(c2)c2ccccc2n4-c2ccc(-c4ccccc4)cc2)ccc1n3-c1ccc(-c2ccccc2)cc1. The molecule has 59 heavy (non-hydrogen) atoms. The summed E-state index contributed by atoms with van der Waals surface area (Å²) in [4.78, 5) is 0. The molecule has 2 heterocycles. The van der Waals surface area contributed by atoms with Gasteiger partial charge < -0.3 is 9.13 Å². The molecule has 0 atom stereocenters. The highest BCUT2D eigenvalue weighted by atomic mass is 15.0. The van der Waals surface area contributed by atoms with Crippen LogP contribution in [0.4, 0.5) is 0 Å². The Labute approximate surface area is 343 Å². The van der Waals surface area contributed by atoms with E-state index in [1.165, 1.54) is 99.2 Å². The van der Waals surface area contributed by atoms with Crippen molar-refractivity contribution in [2.24, 2.45) is 0 Å². The summed E-state index contributed by atoms with van der Waals surface area (Å²) in [6, 6.07) is 76.1. The Morgan fingerprint density at radius 2 is 0.729 bits per heavy atom. The summed E-state index contributed by atoms with van der Waals surface area (Å²) >= 11 is 0. The van der Waals surface area contributed by atoms with Gasteiger partial charge in [-0.2, -0.15) is 0 Å². The highest BCUT2D eigenvalue weighted by molar-refractivity contribution is 6.14. The van der Waals surface area contributed by atoms with Gasteiger partial charge in [-0.25, -0.2) is 0 Å². The molecule has 2 heteroatoms. The van der Waals surface area contributed by atoms with Crippen molar-refractivity contribution < 1.29 is 0 Å². The van der Waals surface area contributed by atoms with Crippen molar-refractivity contribution in [3.05, 3.63) is 217 Å². The van der Waals surface area contributed by atoms with Crippen LogP contribution < -0.4 is 0 Å². The molecular weight excluding hydrogens is 713 g/mol. The molecule has 9 aromatic carbocycles. The second kappa shape index (κ2) is 12.8. The average molecular weight is 753 g/mol. The van der Waals surface area contributed by atoms with Crippen LogP contribution in [0.1, 0.15) is 25.0 Å². The molecule has 278 valence electrons. The third-order valence-electron chi connectivity index (χ3n) is 12.9. The van der Waals surface area contributed by atoms with Crippen LogP contribution in [-0.2, 0) is 5.41 Å². The third-order valence-corrected chi connectivity index (χ3v) is 12.9. The number of nitrogens with zero attached hydrogens (tertiary/aromatic N) is 2. The zero-order valence-electron chi connectivity index (χ0n) is 33.0. The molecule has 1 aliphatic carbocycles. The van der Waals surface area contributed by atoms with Crippen molar-refractivity contribution in [3.63, 3.8) is 0 Å². The molecule has 0 spiro atoms. The van der Waals surface area contributed by atoms with Crippen molar-refractivity contribution in [1.29, 1.82) is 0 Å². The average Bonchev–Trinajstić information content (AvgIpc) is 3.88. The minimum atomic E-state index is -0.0927. The molecule has 0 bridgehead atoms. The van der Waals surface area contributed by atoms with E-state index in [9.17, 15) is 0 Å². The minimum Gasteiger partial charge on any atom is -0.309 e. The quantitative estimate of drug-likeness (QED) is 0.166. The Bertz CT molecular complexity index is 3420. The first kappa shape index (κ1) is 33.7. The van der Waals surface area contributed by atoms with Crippen molar-refractivity contribution in [3.8, 4) is 55.9 Å². The topological polar surface area (TPSA) is 9.86 Å². The van der Waals surface area contributed by atoms with Crippen LogP contribution in [0, 0.1) is 0 Å². The zero-order chi connectivity index (χ0) is 39.2. The van der Waals surface area contributed by atoms with Gasteiger partial charge in [-0.1, -0.05) is 153 Å². The monoisotopic (exact) mass is 752 g/mol. The third kappa shape index (κ3) is 5.13. The maximum atomic E-state index is 2.49. The lowest BCUT2D eigenvalue weighted by Gasteiger charge is -2.21. The van der Waals surface area contributed by atoms with Crippen molar-refractivity contribution in [2.45, 2.75) is 19.3 Å². The van der Waals surface area contributed by atoms with Crippen molar-refractivity contribution in [2.75, 3.05) is 0 Å². The van der Waals surface area contributed by atoms with Crippen LogP contribution in [0.5, 0.6) is 0 Å². The van der Waals surface area contributed by atoms with Gasteiger partial charge >= 0.3 is 0 Å². The van der Waals surface area contributed by atoms with Gasteiger partial charge in [0.25, 0.3) is 0 Å². The summed E-state index contributed by atoms with van der Waals surface area (Å²) in [6.07, 6.45) is 0. The van der Waals surface area contributed by atoms with Crippen LogP contribution in [0.2, 0.25) is 0 Å². The Morgan fingerprint density at radius 3 is 1.34 bits per heavy atom. The fourth-order valence-electron chi connectivity index (χ4n) is 9.97. The Morgan fingerprint density at radius 1 is 0.288 bits per heavy atom. The molecule has 11 aromatic rings. The fraction of sp³-hybridized carbons (Fsp3) is 0.0526. The van der Waals surface area contributed by atoms with E-state index in [2.05, 4.69) is 229 Å². The summed E-state index contributed by atoms with van der Waals surface area (Å²) in [5.41, 5.74) is 19.9. The lowest BCUT2D eigenvalue weighted by Crippen LogP contribution is -2.14. The van der Waals surface area contributed by atoms with Gasteiger partial charge in [-0.3, -0.25) is 0 Å². The molecule has 0 aliphatic heterocycles. The highest BCUT2D eigenvalue weighted by Gasteiger charge is 2.36. The normalized spacial score (nSPS) is 13.1. The first-order chi connectivity index (χ1) is 29.0. The molecule has 0 saturated heterocycles. The maximum Gasteiger partial charge on any atom is 0.0547 e. The highest BCUT2D eigenvalue weighted by Crippen LogP contribution is 2.51. The molecule has 2 aromatic heterocycles. The minimum absolute atomic E-state index is 0.0927. The first-order valence-corrected chi connectivity index (χ1v) is 20.6. The number of benzene rings is 9. The molecule has 2 nitrogen and oxygen atoms in total. The number of hydrogen-bond acceptors (Lipinski definition) is 0. The number of para-hydroxylation sites is 1. The predicted octanol–water partition coefficient (Wildman–Crippen LogP) is 15.2. The van der Waals surface area contributed by atoms with Crippen molar-refractivity contribution >= 4 is 43.6 Å². The molecular formula is C57H40N2. The molecule has 12 rings (SSSR count). The lowest BCUT2D eigenvalue weighted by atomic mass is 9.82. The summed E-state index contributed by atoms with van der Waals surface area (Å²) in [5.74, 6) is 0. The van der Waals surface area contributed by atoms with Gasteiger partial charge in [0, 0.05) is 38.3 Å². The first-order valence-electron chi connectivity index (χ1n) is 20.6.